The van der Waals surface area contributed by atoms with Gasteiger partial charge in [-0.2, -0.15) is 0 Å². The van der Waals surface area contributed by atoms with Crippen molar-refractivity contribution in [2.45, 2.75) is 19.9 Å². The maximum Gasteiger partial charge on any atom is 0.171 e. The van der Waals surface area contributed by atoms with Gasteiger partial charge in [-0.05, 0) is 6.42 Å². The lowest BCUT2D eigenvalue weighted by atomic mass is 10.4. The Kier molecular flexibility index (Phi) is 2.28. The molecule has 0 saturated heterocycles. The Morgan fingerprint density at radius 1 is 1.43 bits per heavy atom. The summed E-state index contributed by atoms with van der Waals surface area (Å²) in [7, 11) is 0. The molecule has 0 bridgehead atoms. The number of anilines is 1. The molecule has 2 rings (SSSR count). The molecule has 14 heavy (non-hydrogen) atoms. The number of fused-ring (bicyclic) bond motifs is 1. The average Bonchev–Trinajstić information content (AvgIpc) is 2.62. The Balaban J connectivity index is 2.57. The molecule has 2 aromatic rings. The van der Waals surface area contributed by atoms with Gasteiger partial charge >= 0.3 is 0 Å². The number of nitrogens with two attached hydrogens (primary N) is 1. The van der Waals surface area contributed by atoms with Crippen molar-refractivity contribution in [2.24, 2.45) is 5.84 Å². The van der Waals surface area contributed by atoms with Gasteiger partial charge in [0.2, 0.25) is 0 Å². The van der Waals surface area contributed by atoms with Crippen molar-refractivity contribution in [3.8, 4) is 0 Å². The first-order valence-electron chi connectivity index (χ1n) is 4.49. The van der Waals surface area contributed by atoms with E-state index in [4.69, 9.17) is 5.84 Å². The van der Waals surface area contributed by atoms with Crippen LogP contribution in [0.25, 0.3) is 11.2 Å². The highest BCUT2D eigenvalue weighted by Crippen LogP contribution is 2.15. The van der Waals surface area contributed by atoms with Crippen LogP contribution in [-0.4, -0.2) is 19.5 Å². The molecule has 0 unspecified atom stereocenters. The van der Waals surface area contributed by atoms with Crippen LogP contribution in [0.3, 0.4) is 0 Å². The number of nitrogens with zero attached hydrogens (tertiary/aromatic N) is 4. The first-order chi connectivity index (χ1) is 6.86. The second kappa shape index (κ2) is 3.59. The normalized spacial score (nSPS) is 10.7. The van der Waals surface area contributed by atoms with Crippen LogP contribution in [0.1, 0.15) is 13.3 Å². The molecule has 0 fully saturated rings. The van der Waals surface area contributed by atoms with Gasteiger partial charge in [-0.15, -0.1) is 0 Å². The SMILES string of the molecule is CCCn1cnc2c(NN)ncnc21. The number of hydrazine groups is 1. The Morgan fingerprint density at radius 2 is 2.29 bits per heavy atom. The van der Waals surface area contributed by atoms with E-state index in [0.29, 0.717) is 11.3 Å². The van der Waals surface area contributed by atoms with Crippen molar-refractivity contribution < 1.29 is 0 Å². The van der Waals surface area contributed by atoms with Crippen molar-refractivity contribution in [1.29, 1.82) is 0 Å². The predicted molar refractivity (Wildman–Crippen MR) is 53.4 cm³/mol. The summed E-state index contributed by atoms with van der Waals surface area (Å²) in [5.41, 5.74) is 4.02. The number of rotatable bonds is 3. The summed E-state index contributed by atoms with van der Waals surface area (Å²) in [6, 6.07) is 0. The Labute approximate surface area is 81.1 Å². The molecule has 0 saturated carbocycles. The molecule has 0 spiro atoms. The van der Waals surface area contributed by atoms with Gasteiger partial charge in [0.1, 0.15) is 6.33 Å². The van der Waals surface area contributed by atoms with Crippen molar-refractivity contribution in [3.63, 3.8) is 0 Å². The highest BCUT2D eigenvalue weighted by Gasteiger charge is 2.07. The van der Waals surface area contributed by atoms with Gasteiger partial charge in [0.15, 0.2) is 17.0 Å². The first-order valence-corrected chi connectivity index (χ1v) is 4.49. The Morgan fingerprint density at radius 3 is 3.00 bits per heavy atom. The van der Waals surface area contributed by atoms with E-state index in [9.17, 15) is 0 Å². The van der Waals surface area contributed by atoms with Crippen molar-refractivity contribution in [3.05, 3.63) is 12.7 Å². The molecule has 0 aliphatic carbocycles. The van der Waals surface area contributed by atoms with Crippen LogP contribution in [0, 0.1) is 0 Å². The van der Waals surface area contributed by atoms with Gasteiger partial charge in [-0.25, -0.2) is 20.8 Å². The summed E-state index contributed by atoms with van der Waals surface area (Å²) in [5.74, 6) is 5.87. The molecule has 0 aliphatic rings. The standard InChI is InChI=1S/C8H12N6/c1-2-3-14-5-12-6-7(13-9)10-4-11-8(6)14/h4-5H,2-3,9H2,1H3,(H,10,11,13). The first kappa shape index (κ1) is 8.89. The fourth-order valence-electron chi connectivity index (χ4n) is 1.39. The fraction of sp³-hybridized carbons (Fsp3) is 0.375. The van der Waals surface area contributed by atoms with Gasteiger partial charge in [-0.1, -0.05) is 6.92 Å². The molecule has 2 heterocycles. The van der Waals surface area contributed by atoms with Crippen LogP contribution in [-0.2, 0) is 6.54 Å². The molecule has 6 nitrogen and oxygen atoms in total. The number of imidazole rings is 1. The third-order valence-corrected chi connectivity index (χ3v) is 2.00. The maximum atomic E-state index is 5.31. The topological polar surface area (TPSA) is 81.7 Å². The number of aryl methyl sites for hydroxylation is 1. The third-order valence-electron chi connectivity index (χ3n) is 2.00. The van der Waals surface area contributed by atoms with Gasteiger partial charge in [0, 0.05) is 6.54 Å². The van der Waals surface area contributed by atoms with Crippen molar-refractivity contribution in [1.82, 2.24) is 19.5 Å². The number of hydrogen-bond acceptors (Lipinski definition) is 5. The lowest BCUT2D eigenvalue weighted by molar-refractivity contribution is 0.691. The number of aromatic nitrogens is 4. The van der Waals surface area contributed by atoms with E-state index in [1.54, 1.807) is 6.33 Å². The van der Waals surface area contributed by atoms with E-state index in [-0.39, 0.29) is 0 Å². The van der Waals surface area contributed by atoms with Gasteiger partial charge < -0.3 is 9.99 Å². The highest BCUT2D eigenvalue weighted by atomic mass is 15.3. The van der Waals surface area contributed by atoms with Crippen LogP contribution < -0.4 is 11.3 Å². The monoisotopic (exact) mass is 192 g/mol. The minimum Gasteiger partial charge on any atom is -0.315 e. The van der Waals surface area contributed by atoms with Crippen LogP contribution in [0.2, 0.25) is 0 Å². The average molecular weight is 192 g/mol. The van der Waals surface area contributed by atoms with E-state index in [1.807, 2.05) is 4.57 Å². The van der Waals surface area contributed by atoms with Crippen LogP contribution in [0.15, 0.2) is 12.7 Å². The molecule has 6 heteroatoms. The highest BCUT2D eigenvalue weighted by molar-refractivity contribution is 5.82. The number of nitrogen functional groups attached to an aromatic ring is 1. The summed E-state index contributed by atoms with van der Waals surface area (Å²) in [6.45, 7) is 3.01. The van der Waals surface area contributed by atoms with E-state index in [0.717, 1.165) is 18.6 Å². The van der Waals surface area contributed by atoms with Gasteiger partial charge in [0.25, 0.3) is 0 Å². The molecule has 0 aliphatic heterocycles. The molecule has 0 amide bonds. The minimum absolute atomic E-state index is 0.560. The van der Waals surface area contributed by atoms with Crippen molar-refractivity contribution in [2.75, 3.05) is 5.43 Å². The van der Waals surface area contributed by atoms with Crippen molar-refractivity contribution >= 4 is 17.0 Å². The molecular weight excluding hydrogens is 180 g/mol. The van der Waals surface area contributed by atoms with E-state index < -0.39 is 0 Å². The van der Waals surface area contributed by atoms with Crippen LogP contribution in [0.4, 0.5) is 5.82 Å². The van der Waals surface area contributed by atoms with Crippen LogP contribution in [0.5, 0.6) is 0 Å². The summed E-state index contributed by atoms with van der Waals surface area (Å²) in [5, 5.41) is 0. The summed E-state index contributed by atoms with van der Waals surface area (Å²) in [6.07, 6.45) is 4.27. The second-order valence-corrected chi connectivity index (χ2v) is 2.98. The van der Waals surface area contributed by atoms with Gasteiger partial charge in [0.05, 0.1) is 6.33 Å². The fourth-order valence-corrected chi connectivity index (χ4v) is 1.39. The van der Waals surface area contributed by atoms with E-state index in [1.165, 1.54) is 6.33 Å². The largest absolute Gasteiger partial charge is 0.315 e. The summed E-state index contributed by atoms with van der Waals surface area (Å²) in [4.78, 5) is 12.3. The van der Waals surface area contributed by atoms with Crippen LogP contribution >= 0.6 is 0 Å². The Bertz CT molecular complexity index is 434. The Hall–Kier alpha value is -1.69. The molecule has 2 aromatic heterocycles. The molecule has 3 N–H and O–H groups in total. The minimum atomic E-state index is 0.560. The second-order valence-electron chi connectivity index (χ2n) is 2.98. The zero-order chi connectivity index (χ0) is 9.97. The predicted octanol–water partition coefficient (Wildman–Crippen LogP) is 0.522. The smallest absolute Gasteiger partial charge is 0.171 e. The lowest BCUT2D eigenvalue weighted by Crippen LogP contribution is -2.09. The van der Waals surface area contributed by atoms with E-state index >= 15 is 0 Å². The molecule has 0 radical (unpaired) electrons. The lowest BCUT2D eigenvalue weighted by Gasteiger charge is -2.01. The zero-order valence-electron chi connectivity index (χ0n) is 7.94. The quantitative estimate of drug-likeness (QED) is 0.547. The molecule has 74 valence electrons. The summed E-state index contributed by atoms with van der Waals surface area (Å²) < 4.78 is 1.98. The van der Waals surface area contributed by atoms with Gasteiger partial charge in [-0.3, -0.25) is 0 Å². The number of nitrogens with one attached hydrogen (secondary N) is 1. The third kappa shape index (κ3) is 1.29. The number of hydrogen-bond donors (Lipinski definition) is 2. The molecular formula is C8H12N6. The molecule has 0 atom stereocenters. The van der Waals surface area contributed by atoms with E-state index in [2.05, 4.69) is 27.3 Å². The summed E-state index contributed by atoms with van der Waals surface area (Å²) >= 11 is 0. The maximum absolute atomic E-state index is 5.31. The molecule has 0 aromatic carbocycles. The zero-order valence-corrected chi connectivity index (χ0v) is 7.94.